The maximum absolute atomic E-state index is 12.4. The Labute approximate surface area is 154 Å². The Morgan fingerprint density at radius 1 is 1.12 bits per heavy atom. The molecule has 1 fully saturated rings. The lowest BCUT2D eigenvalue weighted by Crippen LogP contribution is -2.06. The number of benzene rings is 2. The number of hydrogen-bond acceptors (Lipinski definition) is 6. The second kappa shape index (κ2) is 6.84. The molecule has 0 radical (unpaired) electrons. The van der Waals surface area contributed by atoms with Gasteiger partial charge in [0.1, 0.15) is 17.3 Å². The molecule has 0 aliphatic heterocycles. The van der Waals surface area contributed by atoms with E-state index >= 15 is 0 Å². The van der Waals surface area contributed by atoms with Crippen LogP contribution in [0.25, 0.3) is 5.69 Å². The van der Waals surface area contributed by atoms with Crippen LogP contribution in [0.5, 0.6) is 11.5 Å². The summed E-state index contributed by atoms with van der Waals surface area (Å²) >= 11 is 1.29. The molecule has 6 nitrogen and oxygen atoms in total. The third kappa shape index (κ3) is 3.30. The van der Waals surface area contributed by atoms with Crippen LogP contribution >= 0.6 is 11.8 Å². The van der Waals surface area contributed by atoms with Crippen molar-refractivity contribution in [3.63, 3.8) is 0 Å². The first-order valence-electron chi connectivity index (χ1n) is 8.32. The molecule has 26 heavy (non-hydrogen) atoms. The van der Waals surface area contributed by atoms with Crippen molar-refractivity contribution in [1.29, 1.82) is 0 Å². The number of phenolic OH excluding ortho intramolecular Hbond substituents is 2. The molecule has 0 saturated heterocycles. The van der Waals surface area contributed by atoms with Crippen LogP contribution in [0, 0.1) is 0 Å². The normalized spacial score (nSPS) is 13.7. The van der Waals surface area contributed by atoms with E-state index in [-0.39, 0.29) is 28.6 Å². The minimum atomic E-state index is -0.233. The average molecular weight is 367 g/mol. The van der Waals surface area contributed by atoms with Gasteiger partial charge in [-0.05, 0) is 37.1 Å². The Bertz CT molecular complexity index is 952. The minimum absolute atomic E-state index is 0.0791. The first-order valence-corrected chi connectivity index (χ1v) is 9.31. The smallest absolute Gasteiger partial charge is 0.196 e. The number of Topliss-reactive ketones (excluding diaryl/α,β-unsaturated/α-hetero) is 1. The van der Waals surface area contributed by atoms with E-state index in [1.165, 1.54) is 23.9 Å². The molecule has 1 heterocycles. The van der Waals surface area contributed by atoms with Crippen LogP contribution < -0.4 is 0 Å². The van der Waals surface area contributed by atoms with Crippen LogP contribution in [0.15, 0.2) is 53.7 Å². The third-order valence-electron chi connectivity index (χ3n) is 4.23. The minimum Gasteiger partial charge on any atom is -0.508 e. The Morgan fingerprint density at radius 3 is 2.58 bits per heavy atom. The average Bonchev–Trinajstić information content (AvgIpc) is 3.40. The van der Waals surface area contributed by atoms with Gasteiger partial charge in [-0.15, -0.1) is 10.2 Å². The number of phenols is 2. The second-order valence-electron chi connectivity index (χ2n) is 6.20. The van der Waals surface area contributed by atoms with Crippen molar-refractivity contribution in [2.45, 2.75) is 23.9 Å². The van der Waals surface area contributed by atoms with Crippen molar-refractivity contribution in [2.75, 3.05) is 5.75 Å². The molecule has 132 valence electrons. The number of aromatic nitrogens is 3. The molecule has 7 heteroatoms. The fraction of sp³-hybridized carbons (Fsp3) is 0.211. The van der Waals surface area contributed by atoms with Gasteiger partial charge < -0.3 is 10.2 Å². The zero-order chi connectivity index (χ0) is 18.1. The van der Waals surface area contributed by atoms with Crippen molar-refractivity contribution in [2.24, 2.45) is 0 Å². The number of thioether (sulfide) groups is 1. The fourth-order valence-corrected chi connectivity index (χ4v) is 3.61. The summed E-state index contributed by atoms with van der Waals surface area (Å²) in [5.41, 5.74) is 1.16. The van der Waals surface area contributed by atoms with Crippen molar-refractivity contribution < 1.29 is 15.0 Å². The molecule has 1 saturated carbocycles. The van der Waals surface area contributed by atoms with Crippen LogP contribution in [-0.4, -0.2) is 36.5 Å². The summed E-state index contributed by atoms with van der Waals surface area (Å²) in [5, 5.41) is 28.5. The van der Waals surface area contributed by atoms with Crippen molar-refractivity contribution in [3.8, 4) is 17.2 Å². The predicted molar refractivity (Wildman–Crippen MR) is 98.2 cm³/mol. The molecular formula is C19H17N3O3S. The molecule has 1 aromatic heterocycles. The lowest BCUT2D eigenvalue weighted by Gasteiger charge is -2.09. The van der Waals surface area contributed by atoms with Gasteiger partial charge in [0.25, 0.3) is 0 Å². The highest BCUT2D eigenvalue weighted by atomic mass is 32.2. The molecule has 0 bridgehead atoms. The number of para-hydroxylation sites is 1. The molecule has 0 unspecified atom stereocenters. The Kier molecular flexibility index (Phi) is 4.38. The Balaban J connectivity index is 1.58. The monoisotopic (exact) mass is 367 g/mol. The number of rotatable bonds is 6. The summed E-state index contributed by atoms with van der Waals surface area (Å²) in [6.45, 7) is 0. The quantitative estimate of drug-likeness (QED) is 0.512. The molecule has 1 aliphatic carbocycles. The molecule has 4 rings (SSSR count). The number of nitrogens with zero attached hydrogens (tertiary/aromatic N) is 3. The van der Waals surface area contributed by atoms with Gasteiger partial charge in [-0.3, -0.25) is 9.36 Å². The molecule has 3 aromatic rings. The summed E-state index contributed by atoms with van der Waals surface area (Å²) in [7, 11) is 0. The van der Waals surface area contributed by atoms with Crippen LogP contribution in [0.1, 0.15) is 34.9 Å². The lowest BCUT2D eigenvalue weighted by molar-refractivity contribution is 0.102. The summed E-state index contributed by atoms with van der Waals surface area (Å²) in [4.78, 5) is 12.4. The maximum Gasteiger partial charge on any atom is 0.196 e. The predicted octanol–water partition coefficient (Wildman–Crippen LogP) is 3.53. The van der Waals surface area contributed by atoms with Crippen LogP contribution in [0.3, 0.4) is 0 Å². The maximum atomic E-state index is 12.4. The van der Waals surface area contributed by atoms with E-state index in [0.29, 0.717) is 11.1 Å². The Morgan fingerprint density at radius 2 is 1.88 bits per heavy atom. The highest BCUT2D eigenvalue weighted by molar-refractivity contribution is 7.99. The summed E-state index contributed by atoms with van der Waals surface area (Å²) in [5.74, 6) is 0.938. The van der Waals surface area contributed by atoms with Gasteiger partial charge in [0, 0.05) is 17.7 Å². The van der Waals surface area contributed by atoms with Crippen molar-refractivity contribution in [1.82, 2.24) is 14.8 Å². The zero-order valence-corrected chi connectivity index (χ0v) is 14.7. The number of carbonyl (C=O) groups is 1. The third-order valence-corrected chi connectivity index (χ3v) is 5.16. The molecule has 2 aromatic carbocycles. The Hall–Kier alpha value is -2.80. The van der Waals surface area contributed by atoms with Crippen LogP contribution in [0.4, 0.5) is 0 Å². The molecule has 1 aliphatic rings. The van der Waals surface area contributed by atoms with Gasteiger partial charge in [0.15, 0.2) is 10.9 Å². The standard InChI is InChI=1S/C19H17N3O3S/c23-14-8-9-15(16(24)10-14)17(25)11-26-19-21-20-18(12-6-7-12)22(19)13-4-2-1-3-5-13/h1-5,8-10,12,23-24H,6-7,11H2. The number of ketones is 1. The van der Waals surface area contributed by atoms with E-state index < -0.39 is 0 Å². The van der Waals surface area contributed by atoms with Gasteiger partial charge in [0.05, 0.1) is 11.3 Å². The zero-order valence-electron chi connectivity index (χ0n) is 13.9. The van der Waals surface area contributed by atoms with Gasteiger partial charge in [-0.1, -0.05) is 30.0 Å². The van der Waals surface area contributed by atoms with Crippen molar-refractivity contribution in [3.05, 3.63) is 59.9 Å². The second-order valence-corrected chi connectivity index (χ2v) is 7.14. The highest BCUT2D eigenvalue weighted by Crippen LogP contribution is 2.41. The number of hydrogen-bond donors (Lipinski definition) is 2. The van der Waals surface area contributed by atoms with Crippen LogP contribution in [0.2, 0.25) is 0 Å². The van der Waals surface area contributed by atoms with Crippen molar-refractivity contribution >= 4 is 17.5 Å². The molecule has 0 spiro atoms. The molecule has 0 atom stereocenters. The van der Waals surface area contributed by atoms with Gasteiger partial charge in [0.2, 0.25) is 0 Å². The lowest BCUT2D eigenvalue weighted by atomic mass is 10.1. The van der Waals surface area contributed by atoms with Crippen LogP contribution in [-0.2, 0) is 0 Å². The number of carbonyl (C=O) groups excluding carboxylic acids is 1. The summed E-state index contributed by atoms with van der Waals surface area (Å²) in [6, 6.07) is 13.8. The van der Waals surface area contributed by atoms with E-state index in [9.17, 15) is 15.0 Å². The molecule has 2 N–H and O–H groups in total. The highest BCUT2D eigenvalue weighted by Gasteiger charge is 2.31. The molecular weight excluding hydrogens is 350 g/mol. The van der Waals surface area contributed by atoms with Gasteiger partial charge in [-0.2, -0.15) is 0 Å². The molecule has 0 amide bonds. The largest absolute Gasteiger partial charge is 0.508 e. The summed E-state index contributed by atoms with van der Waals surface area (Å²) in [6.07, 6.45) is 2.21. The van der Waals surface area contributed by atoms with Gasteiger partial charge in [-0.25, -0.2) is 0 Å². The topological polar surface area (TPSA) is 88.2 Å². The van der Waals surface area contributed by atoms with E-state index in [2.05, 4.69) is 10.2 Å². The van der Waals surface area contributed by atoms with Gasteiger partial charge >= 0.3 is 0 Å². The SMILES string of the molecule is O=C(CSc1nnc(C2CC2)n1-c1ccccc1)c1ccc(O)cc1O. The van der Waals surface area contributed by atoms with E-state index in [1.54, 1.807) is 0 Å². The summed E-state index contributed by atoms with van der Waals surface area (Å²) < 4.78 is 2.01. The first kappa shape index (κ1) is 16.7. The number of aromatic hydroxyl groups is 2. The van der Waals surface area contributed by atoms with E-state index in [1.807, 2.05) is 34.9 Å². The fourth-order valence-electron chi connectivity index (χ4n) is 2.76. The van der Waals surface area contributed by atoms with E-state index in [4.69, 9.17) is 0 Å². The van der Waals surface area contributed by atoms with E-state index in [0.717, 1.165) is 30.4 Å². The first-order chi connectivity index (χ1) is 12.6.